The minimum atomic E-state index is -0.999. The molecule has 1 heterocycles. The molecule has 1 amide bonds. The third-order valence-corrected chi connectivity index (χ3v) is 4.84. The number of carbonyl (C=O) groups excluding carboxylic acids is 1. The highest BCUT2D eigenvalue weighted by atomic mass is 35.5. The van der Waals surface area contributed by atoms with Crippen molar-refractivity contribution in [3.8, 4) is 0 Å². The van der Waals surface area contributed by atoms with Crippen LogP contribution in [0.3, 0.4) is 0 Å². The molecule has 1 aliphatic heterocycles. The van der Waals surface area contributed by atoms with E-state index >= 15 is 0 Å². The van der Waals surface area contributed by atoms with Gasteiger partial charge in [0, 0.05) is 29.4 Å². The number of benzene rings is 2. The number of anilines is 2. The molecule has 6 heteroatoms. The van der Waals surface area contributed by atoms with Crippen LogP contribution in [0.2, 0.25) is 5.02 Å². The zero-order valence-corrected chi connectivity index (χ0v) is 15.3. The van der Waals surface area contributed by atoms with Crippen molar-refractivity contribution in [2.75, 3.05) is 23.3 Å². The van der Waals surface area contributed by atoms with Crippen LogP contribution in [-0.4, -0.2) is 30.1 Å². The first kappa shape index (κ1) is 18.3. The Morgan fingerprint density at radius 2 is 1.92 bits per heavy atom. The molecule has 1 atom stereocenters. The number of carboxylic acids is 1. The largest absolute Gasteiger partial charge is 0.478 e. The topological polar surface area (TPSA) is 69.6 Å². The summed E-state index contributed by atoms with van der Waals surface area (Å²) in [5.74, 6) is -0.771. The number of nitrogens with one attached hydrogen (secondary N) is 1. The van der Waals surface area contributed by atoms with E-state index in [2.05, 4.69) is 17.1 Å². The van der Waals surface area contributed by atoms with Crippen LogP contribution in [0.25, 0.3) is 0 Å². The van der Waals surface area contributed by atoms with Crippen molar-refractivity contribution in [2.24, 2.45) is 5.92 Å². The first-order chi connectivity index (χ1) is 12.4. The standard InChI is InChI=1S/C20H21ClN2O3/c1-13-3-2-10-23(12-13)18-9-8-16(11-17(18)20(25)26)22-19(24)14-4-6-15(21)7-5-14/h4-9,11,13H,2-3,10,12H2,1H3,(H,22,24)(H,25,26)/t13-/m0/s1. The van der Waals surface area contributed by atoms with E-state index in [0.29, 0.717) is 27.9 Å². The van der Waals surface area contributed by atoms with E-state index in [1.165, 1.54) is 6.07 Å². The van der Waals surface area contributed by atoms with Crippen molar-refractivity contribution in [3.63, 3.8) is 0 Å². The summed E-state index contributed by atoms with van der Waals surface area (Å²) in [4.78, 5) is 26.2. The lowest BCUT2D eigenvalue weighted by molar-refractivity contribution is 0.0697. The Hall–Kier alpha value is -2.53. The molecule has 0 bridgehead atoms. The predicted octanol–water partition coefficient (Wildman–Crippen LogP) is 4.53. The van der Waals surface area contributed by atoms with E-state index in [4.69, 9.17) is 11.6 Å². The first-order valence-corrected chi connectivity index (χ1v) is 9.01. The molecule has 0 aliphatic carbocycles. The molecule has 0 radical (unpaired) electrons. The highest BCUT2D eigenvalue weighted by Crippen LogP contribution is 2.29. The minimum absolute atomic E-state index is 0.202. The molecule has 1 fully saturated rings. The second-order valence-corrected chi connectivity index (χ2v) is 7.13. The maximum Gasteiger partial charge on any atom is 0.337 e. The van der Waals surface area contributed by atoms with Crippen LogP contribution < -0.4 is 10.2 Å². The normalized spacial score (nSPS) is 17.0. The number of halogens is 1. The van der Waals surface area contributed by atoms with E-state index in [-0.39, 0.29) is 11.5 Å². The van der Waals surface area contributed by atoms with Gasteiger partial charge in [-0.2, -0.15) is 0 Å². The Morgan fingerprint density at radius 1 is 1.19 bits per heavy atom. The highest BCUT2D eigenvalue weighted by Gasteiger charge is 2.22. The van der Waals surface area contributed by atoms with Gasteiger partial charge in [-0.05, 0) is 61.2 Å². The molecule has 0 aromatic heterocycles. The van der Waals surface area contributed by atoms with Crippen LogP contribution in [0.5, 0.6) is 0 Å². The molecule has 26 heavy (non-hydrogen) atoms. The number of aromatic carboxylic acids is 1. The van der Waals surface area contributed by atoms with E-state index in [0.717, 1.165) is 25.9 Å². The van der Waals surface area contributed by atoms with Gasteiger partial charge in [0.15, 0.2) is 0 Å². The van der Waals surface area contributed by atoms with Crippen molar-refractivity contribution < 1.29 is 14.7 Å². The van der Waals surface area contributed by atoms with Gasteiger partial charge in [-0.25, -0.2) is 4.79 Å². The van der Waals surface area contributed by atoms with Crippen LogP contribution in [-0.2, 0) is 0 Å². The molecule has 3 rings (SSSR count). The monoisotopic (exact) mass is 372 g/mol. The number of carbonyl (C=O) groups is 2. The molecule has 2 N–H and O–H groups in total. The van der Waals surface area contributed by atoms with Crippen LogP contribution in [0.15, 0.2) is 42.5 Å². The average molecular weight is 373 g/mol. The summed E-state index contributed by atoms with van der Waals surface area (Å²) in [6.45, 7) is 3.87. The average Bonchev–Trinajstić information content (AvgIpc) is 2.62. The van der Waals surface area contributed by atoms with E-state index < -0.39 is 5.97 Å². The lowest BCUT2D eigenvalue weighted by Crippen LogP contribution is -2.35. The van der Waals surface area contributed by atoms with Gasteiger partial charge in [-0.1, -0.05) is 18.5 Å². The summed E-state index contributed by atoms with van der Waals surface area (Å²) >= 11 is 5.83. The first-order valence-electron chi connectivity index (χ1n) is 8.63. The van der Waals surface area contributed by atoms with Gasteiger partial charge in [0.1, 0.15) is 0 Å². The Morgan fingerprint density at radius 3 is 2.58 bits per heavy atom. The van der Waals surface area contributed by atoms with E-state index in [9.17, 15) is 14.7 Å². The molecular formula is C20H21ClN2O3. The molecule has 5 nitrogen and oxygen atoms in total. The van der Waals surface area contributed by atoms with Crippen LogP contribution in [0, 0.1) is 5.92 Å². The fourth-order valence-corrected chi connectivity index (χ4v) is 3.40. The smallest absolute Gasteiger partial charge is 0.337 e. The molecule has 0 saturated carbocycles. The quantitative estimate of drug-likeness (QED) is 0.827. The Balaban J connectivity index is 1.83. The van der Waals surface area contributed by atoms with Crippen molar-refractivity contribution in [2.45, 2.75) is 19.8 Å². The number of carboxylic acid groups (broad SMARTS) is 1. The van der Waals surface area contributed by atoms with E-state index in [1.54, 1.807) is 36.4 Å². The zero-order chi connectivity index (χ0) is 18.7. The van der Waals surface area contributed by atoms with Crippen molar-refractivity contribution in [3.05, 3.63) is 58.6 Å². The Kier molecular flexibility index (Phi) is 5.47. The molecular weight excluding hydrogens is 352 g/mol. The molecule has 136 valence electrons. The summed E-state index contributed by atoms with van der Waals surface area (Å²) in [5.41, 5.74) is 1.82. The van der Waals surface area contributed by atoms with Gasteiger partial charge in [0.05, 0.1) is 11.3 Å². The second-order valence-electron chi connectivity index (χ2n) is 6.69. The lowest BCUT2D eigenvalue weighted by Gasteiger charge is -2.33. The maximum atomic E-state index is 12.3. The molecule has 2 aromatic carbocycles. The SMILES string of the molecule is C[C@H]1CCCN(c2ccc(NC(=O)c3ccc(Cl)cc3)cc2C(=O)O)C1. The van der Waals surface area contributed by atoms with Crippen LogP contribution >= 0.6 is 11.6 Å². The fraction of sp³-hybridized carbons (Fsp3) is 0.300. The number of hydrogen-bond donors (Lipinski definition) is 2. The van der Waals surface area contributed by atoms with Crippen LogP contribution in [0.1, 0.15) is 40.5 Å². The minimum Gasteiger partial charge on any atom is -0.478 e. The summed E-state index contributed by atoms with van der Waals surface area (Å²) < 4.78 is 0. The zero-order valence-electron chi connectivity index (χ0n) is 14.5. The van der Waals surface area contributed by atoms with Gasteiger partial charge in [0.25, 0.3) is 5.91 Å². The number of nitrogens with zero attached hydrogens (tertiary/aromatic N) is 1. The highest BCUT2D eigenvalue weighted by molar-refractivity contribution is 6.30. The fourth-order valence-electron chi connectivity index (χ4n) is 3.27. The number of hydrogen-bond acceptors (Lipinski definition) is 3. The third-order valence-electron chi connectivity index (χ3n) is 4.59. The summed E-state index contributed by atoms with van der Waals surface area (Å²) in [5, 5.41) is 12.9. The van der Waals surface area contributed by atoms with Crippen LogP contribution in [0.4, 0.5) is 11.4 Å². The summed E-state index contributed by atoms with van der Waals surface area (Å²) in [6, 6.07) is 11.6. The number of amides is 1. The second kappa shape index (κ2) is 7.79. The van der Waals surface area contributed by atoms with Crippen molar-refractivity contribution in [1.29, 1.82) is 0 Å². The summed E-state index contributed by atoms with van der Waals surface area (Å²) in [7, 11) is 0. The van der Waals surface area contributed by atoms with Crippen molar-refractivity contribution in [1.82, 2.24) is 0 Å². The van der Waals surface area contributed by atoms with Gasteiger partial charge in [0.2, 0.25) is 0 Å². The van der Waals surface area contributed by atoms with E-state index in [1.807, 2.05) is 0 Å². The molecule has 1 saturated heterocycles. The summed E-state index contributed by atoms with van der Waals surface area (Å²) in [6.07, 6.45) is 2.21. The lowest BCUT2D eigenvalue weighted by atomic mass is 9.98. The maximum absolute atomic E-state index is 12.3. The van der Waals surface area contributed by atoms with Gasteiger partial charge in [-0.15, -0.1) is 0 Å². The van der Waals surface area contributed by atoms with Crippen molar-refractivity contribution >= 4 is 34.9 Å². The number of piperidine rings is 1. The van der Waals surface area contributed by atoms with Gasteiger partial charge in [-0.3, -0.25) is 4.79 Å². The predicted molar refractivity (Wildman–Crippen MR) is 103 cm³/mol. The van der Waals surface area contributed by atoms with Gasteiger partial charge >= 0.3 is 5.97 Å². The molecule has 0 spiro atoms. The molecule has 1 aliphatic rings. The van der Waals surface area contributed by atoms with Gasteiger partial charge < -0.3 is 15.3 Å². The molecule has 0 unspecified atom stereocenters. The number of rotatable bonds is 4. The third kappa shape index (κ3) is 4.17. The molecule has 2 aromatic rings. The Labute approximate surface area is 157 Å². The Bertz CT molecular complexity index is 820.